The van der Waals surface area contributed by atoms with E-state index in [1.807, 2.05) is 0 Å². The summed E-state index contributed by atoms with van der Waals surface area (Å²) < 4.78 is 35.6. The van der Waals surface area contributed by atoms with E-state index in [0.717, 1.165) is 0 Å². The Morgan fingerprint density at radius 1 is 1.36 bits per heavy atom. The standard InChI is InChI=1S/C6H9ClF2OS/c7-11(10)5-1-3-6(8,9)4-2-5/h5H,1-4H2. The summed E-state index contributed by atoms with van der Waals surface area (Å²) in [5, 5.41) is -0.226. The molecule has 0 radical (unpaired) electrons. The Balaban J connectivity index is 2.42. The molecule has 1 aliphatic rings. The van der Waals surface area contributed by atoms with E-state index in [9.17, 15) is 13.0 Å². The highest BCUT2D eigenvalue weighted by molar-refractivity contribution is 8.08. The molecule has 1 nitrogen and oxygen atoms in total. The first-order chi connectivity index (χ1) is 5.01. The molecule has 66 valence electrons. The minimum atomic E-state index is -2.55. The zero-order chi connectivity index (χ0) is 8.48. The van der Waals surface area contributed by atoms with Crippen LogP contribution in [0.4, 0.5) is 8.78 Å². The summed E-state index contributed by atoms with van der Waals surface area (Å²) in [7, 11) is 3.83. The minimum absolute atomic E-state index is 0.171. The topological polar surface area (TPSA) is 17.1 Å². The van der Waals surface area contributed by atoms with E-state index < -0.39 is 15.9 Å². The molecule has 1 aliphatic carbocycles. The Labute approximate surface area is 71.1 Å². The molecule has 1 rings (SSSR count). The van der Waals surface area contributed by atoms with Crippen LogP contribution in [-0.2, 0) is 10.0 Å². The molecule has 0 amide bonds. The quantitative estimate of drug-likeness (QED) is 0.597. The molecule has 0 aliphatic heterocycles. The van der Waals surface area contributed by atoms with Crippen molar-refractivity contribution >= 4 is 20.7 Å². The summed E-state index contributed by atoms with van der Waals surface area (Å²) in [6.07, 6.45) is 0.221. The van der Waals surface area contributed by atoms with Crippen LogP contribution < -0.4 is 0 Å². The van der Waals surface area contributed by atoms with E-state index in [0.29, 0.717) is 0 Å². The summed E-state index contributed by atoms with van der Waals surface area (Å²) in [6.45, 7) is 0. The molecule has 1 atom stereocenters. The third-order valence-electron chi connectivity index (χ3n) is 1.93. The van der Waals surface area contributed by atoms with Crippen molar-refractivity contribution in [2.45, 2.75) is 36.9 Å². The van der Waals surface area contributed by atoms with Crippen molar-refractivity contribution in [3.05, 3.63) is 0 Å². The Hall–Kier alpha value is 0.300. The Morgan fingerprint density at radius 3 is 2.18 bits per heavy atom. The highest BCUT2D eigenvalue weighted by Gasteiger charge is 2.36. The smallest absolute Gasteiger partial charge is 0.242 e. The molecule has 0 bridgehead atoms. The first kappa shape index (κ1) is 9.39. The third-order valence-corrected chi connectivity index (χ3v) is 3.68. The van der Waals surface area contributed by atoms with Crippen molar-refractivity contribution in [1.82, 2.24) is 0 Å². The molecule has 1 saturated carbocycles. The van der Waals surface area contributed by atoms with E-state index in [-0.39, 0.29) is 30.9 Å². The lowest BCUT2D eigenvalue weighted by Crippen LogP contribution is -2.28. The summed E-state index contributed by atoms with van der Waals surface area (Å²) in [4.78, 5) is 0. The summed E-state index contributed by atoms with van der Waals surface area (Å²) in [5.41, 5.74) is 0. The summed E-state index contributed by atoms with van der Waals surface area (Å²) >= 11 is 0. The van der Waals surface area contributed by atoms with Crippen LogP contribution in [0.25, 0.3) is 0 Å². The molecule has 0 saturated heterocycles. The zero-order valence-corrected chi connectivity index (χ0v) is 7.43. The van der Waals surface area contributed by atoms with Crippen molar-refractivity contribution < 1.29 is 13.0 Å². The lowest BCUT2D eigenvalue weighted by Gasteiger charge is -2.25. The molecule has 11 heavy (non-hydrogen) atoms. The van der Waals surface area contributed by atoms with E-state index in [1.165, 1.54) is 0 Å². The van der Waals surface area contributed by atoms with Crippen molar-refractivity contribution in [1.29, 1.82) is 0 Å². The number of rotatable bonds is 1. The van der Waals surface area contributed by atoms with Gasteiger partial charge in [-0.25, -0.2) is 13.0 Å². The fourth-order valence-electron chi connectivity index (χ4n) is 1.20. The number of hydrogen-bond donors (Lipinski definition) is 0. The van der Waals surface area contributed by atoms with Gasteiger partial charge in [0.15, 0.2) is 0 Å². The van der Waals surface area contributed by atoms with E-state index >= 15 is 0 Å². The molecule has 0 aromatic heterocycles. The van der Waals surface area contributed by atoms with Crippen LogP contribution >= 0.6 is 10.7 Å². The number of hydrogen-bond acceptors (Lipinski definition) is 1. The molecule has 0 heterocycles. The molecule has 0 spiro atoms. The maximum atomic E-state index is 12.5. The maximum absolute atomic E-state index is 12.5. The monoisotopic (exact) mass is 202 g/mol. The van der Waals surface area contributed by atoms with Crippen LogP contribution in [0.5, 0.6) is 0 Å². The van der Waals surface area contributed by atoms with Crippen LogP contribution in [-0.4, -0.2) is 15.4 Å². The van der Waals surface area contributed by atoms with Gasteiger partial charge in [-0.2, -0.15) is 0 Å². The molecule has 1 fully saturated rings. The second-order valence-corrected chi connectivity index (χ2v) is 4.88. The van der Waals surface area contributed by atoms with Gasteiger partial charge < -0.3 is 0 Å². The highest BCUT2D eigenvalue weighted by Crippen LogP contribution is 2.35. The lowest BCUT2D eigenvalue weighted by molar-refractivity contribution is -0.0325. The average molecular weight is 203 g/mol. The van der Waals surface area contributed by atoms with Crippen molar-refractivity contribution in [2.24, 2.45) is 0 Å². The predicted octanol–water partition coefficient (Wildman–Crippen LogP) is 2.47. The second-order valence-electron chi connectivity index (χ2n) is 2.80. The van der Waals surface area contributed by atoms with Gasteiger partial charge in [0.25, 0.3) is 0 Å². The molecular weight excluding hydrogens is 194 g/mol. The molecular formula is C6H9ClF2OS. The highest BCUT2D eigenvalue weighted by atomic mass is 35.7. The van der Waals surface area contributed by atoms with Gasteiger partial charge in [0.2, 0.25) is 5.92 Å². The normalized spacial score (nSPS) is 28.3. The van der Waals surface area contributed by atoms with Crippen molar-refractivity contribution in [3.8, 4) is 0 Å². The average Bonchev–Trinajstić information content (AvgIpc) is 1.86. The van der Waals surface area contributed by atoms with Gasteiger partial charge in [0, 0.05) is 12.8 Å². The molecule has 5 heteroatoms. The Kier molecular flexibility index (Phi) is 2.86. The molecule has 0 N–H and O–H groups in total. The van der Waals surface area contributed by atoms with E-state index in [2.05, 4.69) is 0 Å². The lowest BCUT2D eigenvalue weighted by atomic mass is 9.96. The van der Waals surface area contributed by atoms with Crippen molar-refractivity contribution in [2.75, 3.05) is 0 Å². The van der Waals surface area contributed by atoms with Crippen LogP contribution in [0.1, 0.15) is 25.7 Å². The van der Waals surface area contributed by atoms with Gasteiger partial charge >= 0.3 is 0 Å². The van der Waals surface area contributed by atoms with Gasteiger partial charge in [-0.05, 0) is 23.5 Å². The number of alkyl halides is 2. The van der Waals surface area contributed by atoms with Gasteiger partial charge in [-0.1, -0.05) is 0 Å². The molecule has 0 aromatic rings. The first-order valence-corrected chi connectivity index (χ1v) is 5.50. The van der Waals surface area contributed by atoms with Gasteiger partial charge in [0.1, 0.15) is 10.0 Å². The second kappa shape index (κ2) is 3.35. The first-order valence-electron chi connectivity index (χ1n) is 3.46. The van der Waals surface area contributed by atoms with Gasteiger partial charge in [-0.3, -0.25) is 0 Å². The minimum Gasteiger partial charge on any atom is -0.242 e. The van der Waals surface area contributed by atoms with Crippen LogP contribution in [0.2, 0.25) is 0 Å². The predicted molar refractivity (Wildman–Crippen MR) is 41.2 cm³/mol. The Bertz CT molecular complexity index is 164. The fourth-order valence-corrected chi connectivity index (χ4v) is 2.34. The van der Waals surface area contributed by atoms with Gasteiger partial charge in [-0.15, -0.1) is 0 Å². The number of halogens is 3. The largest absolute Gasteiger partial charge is 0.248 e. The fraction of sp³-hybridized carbons (Fsp3) is 1.00. The SMILES string of the molecule is O=S(Cl)C1CCC(F)(F)CC1. The third kappa shape index (κ3) is 2.67. The Morgan fingerprint density at radius 2 is 1.82 bits per heavy atom. The van der Waals surface area contributed by atoms with Crippen LogP contribution in [0.15, 0.2) is 0 Å². The van der Waals surface area contributed by atoms with Gasteiger partial charge in [0.05, 0.1) is 5.25 Å². The van der Waals surface area contributed by atoms with Crippen LogP contribution in [0.3, 0.4) is 0 Å². The van der Waals surface area contributed by atoms with Crippen LogP contribution in [0, 0.1) is 0 Å². The maximum Gasteiger partial charge on any atom is 0.248 e. The summed E-state index contributed by atoms with van der Waals surface area (Å²) in [5.74, 6) is -2.55. The van der Waals surface area contributed by atoms with E-state index in [4.69, 9.17) is 10.7 Å². The zero-order valence-electron chi connectivity index (χ0n) is 5.86. The molecule has 1 unspecified atom stereocenters. The van der Waals surface area contributed by atoms with E-state index in [1.54, 1.807) is 0 Å². The molecule has 0 aromatic carbocycles. The summed E-state index contributed by atoms with van der Waals surface area (Å²) in [6, 6.07) is 0. The van der Waals surface area contributed by atoms with Crippen molar-refractivity contribution in [3.63, 3.8) is 0 Å².